The fourth-order valence-electron chi connectivity index (χ4n) is 2.71. The molecule has 4 nitrogen and oxygen atoms in total. The Morgan fingerprint density at radius 3 is 2.57 bits per heavy atom. The first-order valence-electron chi connectivity index (χ1n) is 7.66. The summed E-state index contributed by atoms with van der Waals surface area (Å²) in [6, 6.07) is 13.8. The summed E-state index contributed by atoms with van der Waals surface area (Å²) in [6.45, 7) is 6.24. The minimum Gasteiger partial charge on any atom is -0.310 e. The average Bonchev–Trinajstić information content (AvgIpc) is 2.91. The number of imidazole rings is 1. The van der Waals surface area contributed by atoms with Crippen LogP contribution in [0.4, 0.5) is 0 Å². The fourth-order valence-corrected chi connectivity index (χ4v) is 3.71. The Hall–Kier alpha value is -2.14. The summed E-state index contributed by atoms with van der Waals surface area (Å²) in [5.41, 5.74) is 4.98. The number of sulfone groups is 1. The van der Waals surface area contributed by atoms with Gasteiger partial charge >= 0.3 is 0 Å². The van der Waals surface area contributed by atoms with Crippen LogP contribution in [0.1, 0.15) is 23.6 Å². The lowest BCUT2D eigenvalue weighted by Gasteiger charge is -2.12. The smallest absolute Gasteiger partial charge is 0.229 e. The van der Waals surface area contributed by atoms with E-state index in [1.165, 1.54) is 0 Å². The van der Waals surface area contributed by atoms with Crippen molar-refractivity contribution in [2.24, 2.45) is 0 Å². The molecule has 3 aromatic rings. The highest BCUT2D eigenvalue weighted by atomic mass is 32.2. The van der Waals surface area contributed by atoms with E-state index in [4.69, 9.17) is 0 Å². The van der Waals surface area contributed by atoms with Crippen molar-refractivity contribution in [3.63, 3.8) is 0 Å². The Kier molecular flexibility index (Phi) is 3.98. The van der Waals surface area contributed by atoms with E-state index < -0.39 is 9.84 Å². The van der Waals surface area contributed by atoms with E-state index in [-0.39, 0.29) is 10.9 Å². The molecule has 0 bridgehead atoms. The van der Waals surface area contributed by atoms with Gasteiger partial charge in [-0.1, -0.05) is 42.8 Å². The number of benzene rings is 2. The molecule has 2 aromatic carbocycles. The molecule has 0 unspecified atom stereocenters. The lowest BCUT2D eigenvalue weighted by molar-refractivity contribution is 0.576. The number of aryl methyl sites for hydroxylation is 2. The molecule has 0 fully saturated rings. The van der Waals surface area contributed by atoms with Crippen molar-refractivity contribution < 1.29 is 8.42 Å². The number of para-hydroxylation sites is 2. The number of rotatable bonds is 4. The molecule has 0 atom stereocenters. The molecule has 120 valence electrons. The Labute approximate surface area is 136 Å². The third-order valence-electron chi connectivity index (χ3n) is 4.11. The monoisotopic (exact) mass is 328 g/mol. The van der Waals surface area contributed by atoms with Crippen LogP contribution in [0.25, 0.3) is 11.0 Å². The molecule has 5 heteroatoms. The standard InChI is InChI=1S/C18H20N2O2S/c1-4-23(21,22)18-19-16-7-5-6-8-17(16)20(18)12-15-11-13(2)9-10-14(15)3/h5-11H,4,12H2,1-3H3. The predicted octanol–water partition coefficient (Wildman–Crippen LogP) is 3.50. The average molecular weight is 328 g/mol. The molecular formula is C18H20N2O2S. The van der Waals surface area contributed by atoms with Gasteiger partial charge in [0.1, 0.15) is 0 Å². The zero-order valence-corrected chi connectivity index (χ0v) is 14.4. The molecular weight excluding hydrogens is 308 g/mol. The number of nitrogens with zero attached hydrogens (tertiary/aromatic N) is 2. The quantitative estimate of drug-likeness (QED) is 0.736. The van der Waals surface area contributed by atoms with Crippen LogP contribution in [-0.2, 0) is 16.4 Å². The molecule has 3 rings (SSSR count). The van der Waals surface area contributed by atoms with Crippen LogP contribution in [0.2, 0.25) is 0 Å². The normalized spacial score (nSPS) is 12.0. The van der Waals surface area contributed by atoms with Crippen LogP contribution >= 0.6 is 0 Å². The van der Waals surface area contributed by atoms with Crippen LogP contribution in [0.5, 0.6) is 0 Å². The molecule has 0 N–H and O–H groups in total. The van der Waals surface area contributed by atoms with Gasteiger partial charge in [0.15, 0.2) is 0 Å². The van der Waals surface area contributed by atoms with Crippen LogP contribution in [0, 0.1) is 13.8 Å². The number of fused-ring (bicyclic) bond motifs is 1. The third-order valence-corrected chi connectivity index (χ3v) is 5.74. The van der Waals surface area contributed by atoms with Gasteiger partial charge in [0.25, 0.3) is 0 Å². The molecule has 0 aliphatic heterocycles. The van der Waals surface area contributed by atoms with Gasteiger partial charge < -0.3 is 4.57 Å². The van der Waals surface area contributed by atoms with Crippen molar-refractivity contribution in [1.82, 2.24) is 9.55 Å². The summed E-state index contributed by atoms with van der Waals surface area (Å²) in [7, 11) is -3.38. The summed E-state index contributed by atoms with van der Waals surface area (Å²) >= 11 is 0. The SMILES string of the molecule is CCS(=O)(=O)c1nc2ccccc2n1Cc1cc(C)ccc1C. The van der Waals surface area contributed by atoms with Gasteiger partial charge in [-0.3, -0.25) is 0 Å². The van der Waals surface area contributed by atoms with Gasteiger partial charge in [-0.15, -0.1) is 0 Å². The van der Waals surface area contributed by atoms with Crippen molar-refractivity contribution >= 4 is 20.9 Å². The Morgan fingerprint density at radius 2 is 1.83 bits per heavy atom. The van der Waals surface area contributed by atoms with Crippen LogP contribution in [0.15, 0.2) is 47.6 Å². The van der Waals surface area contributed by atoms with Gasteiger partial charge in [-0.25, -0.2) is 13.4 Å². The molecule has 0 saturated heterocycles. The molecule has 0 spiro atoms. The predicted molar refractivity (Wildman–Crippen MR) is 92.5 cm³/mol. The minimum absolute atomic E-state index is 0.0448. The number of hydrogen-bond acceptors (Lipinski definition) is 3. The van der Waals surface area contributed by atoms with Crippen LogP contribution < -0.4 is 0 Å². The first kappa shape index (κ1) is 15.7. The number of aromatic nitrogens is 2. The Balaban J connectivity index is 2.23. The molecule has 0 amide bonds. The second-order valence-electron chi connectivity index (χ2n) is 5.80. The zero-order valence-electron chi connectivity index (χ0n) is 13.6. The molecule has 0 aliphatic carbocycles. The lowest BCUT2D eigenvalue weighted by atomic mass is 10.1. The van der Waals surface area contributed by atoms with Gasteiger partial charge in [0.2, 0.25) is 15.0 Å². The molecule has 0 saturated carbocycles. The topological polar surface area (TPSA) is 52.0 Å². The van der Waals surface area contributed by atoms with Crippen molar-refractivity contribution in [2.45, 2.75) is 32.5 Å². The van der Waals surface area contributed by atoms with Crippen molar-refractivity contribution in [3.05, 3.63) is 59.2 Å². The molecule has 1 heterocycles. The summed E-state index contributed by atoms with van der Waals surface area (Å²) in [5, 5.41) is 0.155. The number of hydrogen-bond donors (Lipinski definition) is 0. The van der Waals surface area contributed by atoms with Crippen LogP contribution in [-0.4, -0.2) is 23.7 Å². The summed E-state index contributed by atoms with van der Waals surface area (Å²) < 4.78 is 26.7. The third kappa shape index (κ3) is 2.88. The van der Waals surface area contributed by atoms with Crippen molar-refractivity contribution in [3.8, 4) is 0 Å². The first-order chi connectivity index (χ1) is 10.9. The van der Waals surface area contributed by atoms with E-state index in [0.717, 1.165) is 22.2 Å². The highest BCUT2D eigenvalue weighted by molar-refractivity contribution is 7.91. The maximum atomic E-state index is 12.5. The van der Waals surface area contributed by atoms with Crippen LogP contribution in [0.3, 0.4) is 0 Å². The highest BCUT2D eigenvalue weighted by Crippen LogP contribution is 2.23. The summed E-state index contributed by atoms with van der Waals surface area (Å²) in [4.78, 5) is 4.38. The Morgan fingerprint density at radius 1 is 1.09 bits per heavy atom. The largest absolute Gasteiger partial charge is 0.310 e. The maximum absolute atomic E-state index is 12.5. The van der Waals surface area contributed by atoms with Crippen molar-refractivity contribution in [2.75, 3.05) is 5.75 Å². The Bertz CT molecular complexity index is 972. The van der Waals surface area contributed by atoms with E-state index in [1.807, 2.05) is 42.7 Å². The second kappa shape index (κ2) is 5.81. The fraction of sp³-hybridized carbons (Fsp3) is 0.278. The summed E-state index contributed by atoms with van der Waals surface area (Å²) in [5.74, 6) is 0.0448. The molecule has 23 heavy (non-hydrogen) atoms. The first-order valence-corrected chi connectivity index (χ1v) is 9.32. The molecule has 1 aromatic heterocycles. The van der Waals surface area contributed by atoms with Gasteiger partial charge in [0.05, 0.1) is 23.3 Å². The van der Waals surface area contributed by atoms with Crippen molar-refractivity contribution in [1.29, 1.82) is 0 Å². The van der Waals surface area contributed by atoms with Gasteiger partial charge in [0, 0.05) is 0 Å². The van der Waals surface area contributed by atoms with E-state index in [2.05, 4.69) is 23.2 Å². The maximum Gasteiger partial charge on any atom is 0.229 e. The van der Waals surface area contributed by atoms with E-state index in [9.17, 15) is 8.42 Å². The zero-order chi connectivity index (χ0) is 16.6. The summed E-state index contributed by atoms with van der Waals surface area (Å²) in [6.07, 6.45) is 0. The van der Waals surface area contributed by atoms with Gasteiger partial charge in [-0.05, 0) is 37.1 Å². The van der Waals surface area contributed by atoms with E-state index in [1.54, 1.807) is 6.92 Å². The molecule has 0 aliphatic rings. The van der Waals surface area contributed by atoms with Gasteiger partial charge in [-0.2, -0.15) is 0 Å². The molecule has 0 radical (unpaired) electrons. The van der Waals surface area contributed by atoms with E-state index in [0.29, 0.717) is 12.1 Å². The minimum atomic E-state index is -3.38. The lowest BCUT2D eigenvalue weighted by Crippen LogP contribution is -2.14. The second-order valence-corrected chi connectivity index (χ2v) is 7.97. The highest BCUT2D eigenvalue weighted by Gasteiger charge is 2.22. The van der Waals surface area contributed by atoms with E-state index >= 15 is 0 Å².